The highest BCUT2D eigenvalue weighted by atomic mass is 32.2. The van der Waals surface area contributed by atoms with E-state index in [0.29, 0.717) is 69.8 Å². The molecule has 6 heterocycles. The molecule has 0 saturated carbocycles. The van der Waals surface area contributed by atoms with Gasteiger partial charge in [0.2, 0.25) is 10.0 Å². The van der Waals surface area contributed by atoms with Gasteiger partial charge in [-0.05, 0) is 74.6 Å². The molecule has 0 radical (unpaired) electrons. The third-order valence-corrected chi connectivity index (χ3v) is 13.0. The Morgan fingerprint density at radius 2 is 1.92 bits per heavy atom. The topological polar surface area (TPSA) is 109 Å². The average molecular weight is 713 g/mol. The van der Waals surface area contributed by atoms with E-state index in [1.165, 1.54) is 6.07 Å². The van der Waals surface area contributed by atoms with Gasteiger partial charge in [-0.1, -0.05) is 13.0 Å². The van der Waals surface area contributed by atoms with E-state index >= 15 is 4.39 Å². The molecule has 1 N–H and O–H groups in total. The second-order valence-corrected chi connectivity index (χ2v) is 16.6. The number of halogens is 2. The van der Waals surface area contributed by atoms with E-state index in [0.717, 1.165) is 72.3 Å². The van der Waals surface area contributed by atoms with E-state index in [1.807, 2.05) is 19.1 Å². The second kappa shape index (κ2) is 13.0. The van der Waals surface area contributed by atoms with E-state index in [2.05, 4.69) is 19.4 Å². The van der Waals surface area contributed by atoms with Gasteiger partial charge in [0.1, 0.15) is 30.2 Å². The molecule has 1 spiro atoms. The maximum atomic E-state index is 15.2. The maximum Gasteiger partial charge on any atom is 0.318 e. The SMILES string of the molecule is CCc1c(F)ccc2cc(OCOC)cc(N3CCc4c(nc(OC[C@@]56CCCN5C[C@H](F)C6)nc4N4CCCC5(CCS(=O)(=O)N5)C4)C3)c12. The summed E-state index contributed by atoms with van der Waals surface area (Å²) >= 11 is 0. The molecular formula is C36H46F2N6O5S. The molecule has 5 aliphatic rings. The molecule has 2 aromatic carbocycles. The third kappa shape index (κ3) is 6.15. The van der Waals surface area contributed by atoms with Gasteiger partial charge >= 0.3 is 6.01 Å². The molecule has 1 aromatic heterocycles. The van der Waals surface area contributed by atoms with Gasteiger partial charge < -0.3 is 24.0 Å². The Balaban J connectivity index is 1.17. The lowest BCUT2D eigenvalue weighted by Crippen LogP contribution is -2.55. The number of nitrogens with one attached hydrogen (secondary N) is 1. The number of sulfonamides is 1. The van der Waals surface area contributed by atoms with Crippen LogP contribution in [0.5, 0.6) is 11.8 Å². The number of fused-ring (bicyclic) bond motifs is 3. The summed E-state index contributed by atoms with van der Waals surface area (Å²) in [4.78, 5) is 16.7. The number of rotatable bonds is 9. The lowest BCUT2D eigenvalue weighted by atomic mass is 9.87. The number of aromatic nitrogens is 2. The van der Waals surface area contributed by atoms with E-state index in [4.69, 9.17) is 24.2 Å². The quantitative estimate of drug-likeness (QED) is 0.319. The second-order valence-electron chi connectivity index (χ2n) is 14.7. The Kier molecular flexibility index (Phi) is 8.80. The highest BCUT2D eigenvalue weighted by Crippen LogP contribution is 2.42. The van der Waals surface area contributed by atoms with Crippen molar-refractivity contribution in [1.82, 2.24) is 19.6 Å². The zero-order chi connectivity index (χ0) is 34.7. The standard InChI is InChI=1S/C36H46F2N6O5S/c1-3-27-29(38)7-6-24-16-26(49-23-47-2)17-31(32(24)27)42-14-8-28-30(20-42)39-34(48-22-36-10-5-13-44(36)19-25(37)18-36)40-33(28)43-12-4-9-35(21-43)11-15-50(45,46)41-35/h6-7,16-17,25,41H,3-5,8-15,18-23H2,1-2H3/t25-,35?,36+/m1/s1. The predicted molar refractivity (Wildman–Crippen MR) is 187 cm³/mol. The van der Waals surface area contributed by atoms with Gasteiger partial charge in [0, 0.05) is 62.4 Å². The first-order chi connectivity index (χ1) is 24.1. The van der Waals surface area contributed by atoms with Gasteiger partial charge in [-0.15, -0.1) is 0 Å². The minimum atomic E-state index is -3.31. The molecule has 4 fully saturated rings. The fourth-order valence-corrected chi connectivity index (χ4v) is 10.9. The number of methoxy groups -OCH3 is 1. The molecule has 270 valence electrons. The molecule has 0 bridgehead atoms. The van der Waals surface area contributed by atoms with Crippen molar-refractivity contribution in [3.05, 3.63) is 46.9 Å². The largest absolute Gasteiger partial charge is 0.467 e. The van der Waals surface area contributed by atoms with E-state index < -0.39 is 21.7 Å². The van der Waals surface area contributed by atoms with Crippen LogP contribution in [0.15, 0.2) is 24.3 Å². The molecule has 14 heteroatoms. The number of ether oxygens (including phenoxy) is 3. The van der Waals surface area contributed by atoms with Crippen LogP contribution in [0.2, 0.25) is 0 Å². The van der Waals surface area contributed by atoms with E-state index in [9.17, 15) is 12.8 Å². The first-order valence-electron chi connectivity index (χ1n) is 17.9. The van der Waals surface area contributed by atoms with Crippen LogP contribution in [0.4, 0.5) is 20.3 Å². The molecule has 4 saturated heterocycles. The van der Waals surface area contributed by atoms with Crippen molar-refractivity contribution < 1.29 is 31.4 Å². The van der Waals surface area contributed by atoms with Crippen LogP contribution in [0.1, 0.15) is 62.3 Å². The van der Waals surface area contributed by atoms with Gasteiger partial charge in [-0.2, -0.15) is 9.97 Å². The first kappa shape index (κ1) is 33.8. The summed E-state index contributed by atoms with van der Waals surface area (Å²) in [6.07, 6.45) is 4.77. The van der Waals surface area contributed by atoms with Crippen LogP contribution < -0.4 is 24.0 Å². The fourth-order valence-electron chi connectivity index (χ4n) is 9.20. The number of piperidine rings is 1. The lowest BCUT2D eigenvalue weighted by molar-refractivity contribution is 0.0512. The molecule has 3 atom stereocenters. The summed E-state index contributed by atoms with van der Waals surface area (Å²) in [7, 11) is -1.74. The highest BCUT2D eigenvalue weighted by Gasteiger charge is 2.50. The zero-order valence-corrected chi connectivity index (χ0v) is 29.7. The van der Waals surface area contributed by atoms with E-state index in [1.54, 1.807) is 13.2 Å². The van der Waals surface area contributed by atoms with E-state index in [-0.39, 0.29) is 29.9 Å². The van der Waals surface area contributed by atoms with Crippen molar-refractivity contribution in [3.63, 3.8) is 0 Å². The van der Waals surface area contributed by atoms with Gasteiger partial charge in [0.15, 0.2) is 6.79 Å². The summed E-state index contributed by atoms with van der Waals surface area (Å²) in [6, 6.07) is 7.42. The minimum absolute atomic E-state index is 0.0858. The average Bonchev–Trinajstić information content (AvgIpc) is 3.73. The Morgan fingerprint density at radius 3 is 2.72 bits per heavy atom. The summed E-state index contributed by atoms with van der Waals surface area (Å²) in [5, 5.41) is 1.73. The van der Waals surface area contributed by atoms with Crippen molar-refractivity contribution in [2.24, 2.45) is 0 Å². The summed E-state index contributed by atoms with van der Waals surface area (Å²) in [6.45, 7) is 5.96. The Bertz CT molecular complexity index is 1900. The molecule has 3 aromatic rings. The normalized spacial score (nSPS) is 27.6. The molecule has 8 rings (SSSR count). The molecule has 50 heavy (non-hydrogen) atoms. The van der Waals surface area contributed by atoms with Crippen molar-refractivity contribution >= 4 is 32.3 Å². The number of benzene rings is 2. The van der Waals surface area contributed by atoms with Gasteiger partial charge in [0.05, 0.1) is 29.1 Å². The van der Waals surface area contributed by atoms with Crippen molar-refractivity contribution in [2.75, 3.05) is 68.8 Å². The van der Waals surface area contributed by atoms with Crippen molar-refractivity contribution in [2.45, 2.75) is 82.1 Å². The number of aryl methyl sites for hydroxylation is 1. The first-order valence-corrected chi connectivity index (χ1v) is 19.6. The monoisotopic (exact) mass is 712 g/mol. The number of nitrogens with zero attached hydrogens (tertiary/aromatic N) is 5. The molecule has 0 aliphatic carbocycles. The fraction of sp³-hybridized carbons (Fsp3) is 0.611. The van der Waals surface area contributed by atoms with Crippen LogP contribution in [0, 0.1) is 5.82 Å². The van der Waals surface area contributed by atoms with Crippen LogP contribution >= 0.6 is 0 Å². The molecule has 0 amide bonds. The van der Waals surface area contributed by atoms with Crippen LogP contribution in [0.3, 0.4) is 0 Å². The summed E-state index contributed by atoms with van der Waals surface area (Å²) in [5.41, 5.74) is 2.44. The van der Waals surface area contributed by atoms with Gasteiger partial charge in [-0.3, -0.25) is 4.90 Å². The van der Waals surface area contributed by atoms with Crippen LogP contribution in [-0.2, 0) is 34.1 Å². The predicted octanol–water partition coefficient (Wildman–Crippen LogP) is 4.49. The summed E-state index contributed by atoms with van der Waals surface area (Å²) in [5.74, 6) is 1.28. The lowest BCUT2D eigenvalue weighted by Gasteiger charge is -2.42. The highest BCUT2D eigenvalue weighted by molar-refractivity contribution is 7.89. The third-order valence-electron chi connectivity index (χ3n) is 11.5. The summed E-state index contributed by atoms with van der Waals surface area (Å²) < 4.78 is 75.4. The number of hydrogen-bond acceptors (Lipinski definition) is 10. The van der Waals surface area contributed by atoms with Crippen molar-refractivity contribution in [1.29, 1.82) is 0 Å². The maximum absolute atomic E-state index is 15.2. The molecule has 1 unspecified atom stereocenters. The minimum Gasteiger partial charge on any atom is -0.467 e. The zero-order valence-electron chi connectivity index (χ0n) is 28.8. The molecule has 5 aliphatic heterocycles. The Morgan fingerprint density at radius 1 is 1.06 bits per heavy atom. The number of alkyl halides is 1. The Labute approximate surface area is 292 Å². The number of anilines is 2. The van der Waals surface area contributed by atoms with Gasteiger partial charge in [-0.25, -0.2) is 21.9 Å². The van der Waals surface area contributed by atoms with Crippen LogP contribution in [-0.4, -0.2) is 99.5 Å². The van der Waals surface area contributed by atoms with Crippen molar-refractivity contribution in [3.8, 4) is 11.8 Å². The Hall–Kier alpha value is -3.33. The van der Waals surface area contributed by atoms with Crippen LogP contribution in [0.25, 0.3) is 10.8 Å². The molecule has 11 nitrogen and oxygen atoms in total. The number of hydrogen-bond donors (Lipinski definition) is 1. The molecular weight excluding hydrogens is 666 g/mol. The van der Waals surface area contributed by atoms with Gasteiger partial charge in [0.25, 0.3) is 0 Å². The smallest absolute Gasteiger partial charge is 0.318 e.